The lowest BCUT2D eigenvalue weighted by atomic mass is 10.0. The van der Waals surface area contributed by atoms with Gasteiger partial charge in [-0.3, -0.25) is 0 Å². The van der Waals surface area contributed by atoms with Crippen LogP contribution in [0.2, 0.25) is 5.02 Å². The summed E-state index contributed by atoms with van der Waals surface area (Å²) in [5.74, 6) is -1.69. The highest BCUT2D eigenvalue weighted by molar-refractivity contribution is 14.1. The van der Waals surface area contributed by atoms with Gasteiger partial charge in [0.25, 0.3) is 0 Å². The molecule has 0 radical (unpaired) electrons. The van der Waals surface area contributed by atoms with E-state index in [-0.39, 0.29) is 16.3 Å². The Kier molecular flexibility index (Phi) is 3.69. The molecule has 2 rings (SSSR count). The van der Waals surface area contributed by atoms with Gasteiger partial charge in [0.1, 0.15) is 5.75 Å². The number of fused-ring (bicyclic) bond motifs is 1. The van der Waals surface area contributed by atoms with E-state index < -0.39 is 23.8 Å². The molecule has 0 aromatic heterocycles. The van der Waals surface area contributed by atoms with Crippen molar-refractivity contribution in [2.45, 2.75) is 12.3 Å². The van der Waals surface area contributed by atoms with Crippen LogP contribution in [0.15, 0.2) is 17.7 Å². The molecule has 102 valence electrons. The molecule has 0 spiro atoms. The van der Waals surface area contributed by atoms with Gasteiger partial charge >= 0.3 is 12.1 Å². The van der Waals surface area contributed by atoms with Crippen LogP contribution < -0.4 is 4.74 Å². The van der Waals surface area contributed by atoms with Crippen LogP contribution in [0.4, 0.5) is 13.2 Å². The second-order valence-corrected chi connectivity index (χ2v) is 5.35. The standard InChI is InChI=1S/C11H5ClF3IO3/c12-5-1-4-2-6(10(17)18)9(11(13,14)15)19-8(4)7(16)3-5/h1-3,9H,(H,17,18). The molecule has 1 unspecified atom stereocenters. The average Bonchev–Trinajstić information content (AvgIpc) is 2.25. The number of benzene rings is 1. The fraction of sp³-hybridized carbons (Fsp3) is 0.182. The number of hydrogen-bond donors (Lipinski definition) is 1. The molecule has 3 nitrogen and oxygen atoms in total. The molecular weight excluding hydrogens is 399 g/mol. The van der Waals surface area contributed by atoms with E-state index in [1.54, 1.807) is 22.6 Å². The van der Waals surface area contributed by atoms with Crippen molar-refractivity contribution in [3.05, 3.63) is 31.9 Å². The number of hydrogen-bond acceptors (Lipinski definition) is 2. The molecule has 8 heteroatoms. The maximum absolute atomic E-state index is 12.8. The molecule has 0 saturated carbocycles. The third-order valence-electron chi connectivity index (χ3n) is 2.41. The van der Waals surface area contributed by atoms with E-state index in [9.17, 15) is 18.0 Å². The molecule has 1 N–H and O–H groups in total. The van der Waals surface area contributed by atoms with Gasteiger partial charge in [0, 0.05) is 10.6 Å². The summed E-state index contributed by atoms with van der Waals surface area (Å²) in [4.78, 5) is 10.9. The van der Waals surface area contributed by atoms with Crippen LogP contribution in [-0.4, -0.2) is 23.4 Å². The van der Waals surface area contributed by atoms with Crippen molar-refractivity contribution < 1.29 is 27.8 Å². The molecule has 0 amide bonds. The Morgan fingerprint density at radius 1 is 1.42 bits per heavy atom. The lowest BCUT2D eigenvalue weighted by Gasteiger charge is -2.27. The maximum Gasteiger partial charge on any atom is 0.430 e. The first-order valence-corrected chi connectivity index (χ1v) is 6.33. The zero-order valence-corrected chi connectivity index (χ0v) is 11.9. The third-order valence-corrected chi connectivity index (χ3v) is 3.43. The van der Waals surface area contributed by atoms with E-state index in [2.05, 4.69) is 0 Å². The molecule has 1 atom stereocenters. The summed E-state index contributed by atoms with van der Waals surface area (Å²) >= 11 is 7.55. The average molecular weight is 405 g/mol. The molecule has 1 aromatic rings. The quantitative estimate of drug-likeness (QED) is 0.726. The van der Waals surface area contributed by atoms with Crippen LogP contribution in [0, 0.1) is 3.57 Å². The van der Waals surface area contributed by atoms with E-state index >= 15 is 0 Å². The van der Waals surface area contributed by atoms with Crippen molar-refractivity contribution in [1.82, 2.24) is 0 Å². The van der Waals surface area contributed by atoms with Crippen molar-refractivity contribution in [1.29, 1.82) is 0 Å². The molecule has 1 heterocycles. The summed E-state index contributed by atoms with van der Waals surface area (Å²) in [5.41, 5.74) is -0.645. The number of carboxylic acid groups (broad SMARTS) is 1. The van der Waals surface area contributed by atoms with Crippen molar-refractivity contribution in [3.63, 3.8) is 0 Å². The van der Waals surface area contributed by atoms with Crippen molar-refractivity contribution >= 4 is 46.2 Å². The molecule has 19 heavy (non-hydrogen) atoms. The molecule has 0 saturated heterocycles. The Morgan fingerprint density at radius 3 is 2.58 bits per heavy atom. The SMILES string of the molecule is O=C(O)C1=Cc2cc(Cl)cc(I)c2OC1C(F)(F)F. The molecule has 0 aliphatic carbocycles. The second kappa shape index (κ2) is 4.86. The van der Waals surface area contributed by atoms with E-state index in [1.807, 2.05) is 0 Å². The summed E-state index contributed by atoms with van der Waals surface area (Å²) in [6.45, 7) is 0. The van der Waals surface area contributed by atoms with Gasteiger partial charge in [-0.2, -0.15) is 13.2 Å². The van der Waals surface area contributed by atoms with Crippen molar-refractivity contribution in [2.75, 3.05) is 0 Å². The summed E-state index contributed by atoms with van der Waals surface area (Å²) < 4.78 is 43.6. The highest BCUT2D eigenvalue weighted by atomic mass is 127. The third kappa shape index (κ3) is 2.81. The fourth-order valence-corrected chi connectivity index (χ4v) is 2.84. The lowest BCUT2D eigenvalue weighted by molar-refractivity contribution is -0.187. The first-order valence-electron chi connectivity index (χ1n) is 4.87. The Labute approximate surface area is 124 Å². The minimum absolute atomic E-state index is 0.0164. The van der Waals surface area contributed by atoms with Crippen LogP contribution >= 0.6 is 34.2 Å². The monoisotopic (exact) mass is 404 g/mol. The second-order valence-electron chi connectivity index (χ2n) is 3.75. The normalized spacial score (nSPS) is 18.4. The molecule has 1 aromatic carbocycles. The van der Waals surface area contributed by atoms with E-state index in [0.717, 1.165) is 6.08 Å². The Hall–Kier alpha value is -0.960. The Morgan fingerprint density at radius 2 is 2.05 bits per heavy atom. The molecule has 0 bridgehead atoms. The van der Waals surface area contributed by atoms with Gasteiger partial charge in [-0.15, -0.1) is 0 Å². The van der Waals surface area contributed by atoms with Crippen molar-refractivity contribution in [2.24, 2.45) is 0 Å². The molecule has 0 fully saturated rings. The predicted molar refractivity (Wildman–Crippen MR) is 70.3 cm³/mol. The number of ether oxygens (including phenoxy) is 1. The van der Waals surface area contributed by atoms with Gasteiger partial charge in [0.2, 0.25) is 6.10 Å². The van der Waals surface area contributed by atoms with E-state index in [0.29, 0.717) is 3.57 Å². The zero-order chi connectivity index (χ0) is 14.4. The number of halogens is 5. The first-order chi connectivity index (χ1) is 8.70. The van der Waals surface area contributed by atoms with Crippen LogP contribution in [0.25, 0.3) is 6.08 Å². The Bertz CT molecular complexity index is 583. The van der Waals surface area contributed by atoms with E-state index in [4.69, 9.17) is 21.4 Å². The minimum Gasteiger partial charge on any atom is -0.478 e. The zero-order valence-electron chi connectivity index (χ0n) is 8.96. The van der Waals surface area contributed by atoms with E-state index in [1.165, 1.54) is 12.1 Å². The summed E-state index contributed by atoms with van der Waals surface area (Å²) in [6.07, 6.45) is -6.34. The lowest BCUT2D eigenvalue weighted by Crippen LogP contribution is -2.40. The number of aliphatic carboxylic acids is 1. The number of carboxylic acids is 1. The summed E-state index contributed by atoms with van der Waals surface area (Å²) in [5, 5.41) is 9.14. The van der Waals surface area contributed by atoms with Crippen molar-refractivity contribution in [3.8, 4) is 5.75 Å². The van der Waals surface area contributed by atoms with Gasteiger partial charge in [0.15, 0.2) is 0 Å². The number of rotatable bonds is 1. The fourth-order valence-electron chi connectivity index (χ4n) is 1.65. The van der Waals surface area contributed by atoms with Gasteiger partial charge in [-0.25, -0.2) is 4.79 Å². The van der Waals surface area contributed by atoms with Gasteiger partial charge in [-0.1, -0.05) is 11.6 Å². The first kappa shape index (κ1) is 14.4. The molecular formula is C11H5ClF3IO3. The summed E-state index contributed by atoms with van der Waals surface area (Å²) in [7, 11) is 0. The summed E-state index contributed by atoms with van der Waals surface area (Å²) in [6, 6.07) is 2.79. The minimum atomic E-state index is -4.80. The number of carbonyl (C=O) groups is 1. The number of alkyl halides is 3. The highest BCUT2D eigenvalue weighted by Crippen LogP contribution is 2.40. The largest absolute Gasteiger partial charge is 0.478 e. The van der Waals surface area contributed by atoms with Gasteiger partial charge in [0.05, 0.1) is 9.14 Å². The van der Waals surface area contributed by atoms with Gasteiger partial charge < -0.3 is 9.84 Å². The van der Waals surface area contributed by atoms with Gasteiger partial charge in [-0.05, 0) is 40.8 Å². The Balaban J connectivity index is 2.61. The predicted octanol–water partition coefficient (Wildman–Crippen LogP) is 3.74. The smallest absolute Gasteiger partial charge is 0.430 e. The topological polar surface area (TPSA) is 46.5 Å². The molecule has 1 aliphatic rings. The maximum atomic E-state index is 12.8. The van der Waals surface area contributed by atoms with Crippen LogP contribution in [0.3, 0.4) is 0 Å². The molecule has 1 aliphatic heterocycles. The van der Waals surface area contributed by atoms with Crippen LogP contribution in [-0.2, 0) is 4.79 Å². The highest BCUT2D eigenvalue weighted by Gasteiger charge is 2.48. The van der Waals surface area contributed by atoms with Crippen LogP contribution in [0.5, 0.6) is 5.75 Å². The van der Waals surface area contributed by atoms with Crippen LogP contribution in [0.1, 0.15) is 5.56 Å².